The zero-order chi connectivity index (χ0) is 32.9. The van der Waals surface area contributed by atoms with Crippen molar-refractivity contribution in [1.82, 2.24) is 0 Å². The van der Waals surface area contributed by atoms with E-state index in [1.54, 1.807) is 6.92 Å². The number of phenols is 1. The van der Waals surface area contributed by atoms with Crippen molar-refractivity contribution >= 4 is 29.2 Å². The van der Waals surface area contributed by atoms with Crippen LogP contribution in [-0.2, 0) is 15.7 Å². The monoisotopic (exact) mass is 636 g/mol. The van der Waals surface area contributed by atoms with E-state index in [1.807, 2.05) is 0 Å². The molecule has 4 rings (SSSR count). The fourth-order valence-corrected chi connectivity index (χ4v) is 4.91. The van der Waals surface area contributed by atoms with Crippen molar-refractivity contribution in [3.63, 3.8) is 0 Å². The number of esters is 1. The number of phenolic OH excluding ortho intramolecular Hbond substituents is 1. The van der Waals surface area contributed by atoms with Gasteiger partial charge in [-0.25, -0.2) is 8.78 Å². The van der Waals surface area contributed by atoms with Gasteiger partial charge in [0.2, 0.25) is 0 Å². The number of aromatic hydroxyl groups is 1. The van der Waals surface area contributed by atoms with Gasteiger partial charge in [-0.15, -0.1) is 0 Å². The Kier molecular flexibility index (Phi) is 10.1. The minimum absolute atomic E-state index is 0.180. The summed E-state index contributed by atoms with van der Waals surface area (Å²) in [6.07, 6.45) is -3.63. The van der Waals surface area contributed by atoms with E-state index in [1.165, 1.54) is 19.2 Å². The van der Waals surface area contributed by atoms with Gasteiger partial charge in [0.25, 0.3) is 11.8 Å². The van der Waals surface area contributed by atoms with E-state index in [9.17, 15) is 41.4 Å². The van der Waals surface area contributed by atoms with E-state index in [2.05, 4.69) is 10.6 Å². The van der Waals surface area contributed by atoms with Crippen LogP contribution in [0.5, 0.6) is 17.2 Å². The molecule has 1 aliphatic carbocycles. The lowest BCUT2D eigenvalue weighted by atomic mass is 9.87. The molecule has 0 spiro atoms. The molecule has 3 aromatic rings. The molecule has 9 nitrogen and oxygen atoms in total. The minimum Gasteiger partial charge on any atom is -0.507 e. The molecule has 3 N–H and O–H groups in total. The largest absolute Gasteiger partial charge is 0.507 e. The zero-order valence-corrected chi connectivity index (χ0v) is 24.1. The second-order valence-electron chi connectivity index (χ2n) is 10.1. The first-order chi connectivity index (χ1) is 21.3. The summed E-state index contributed by atoms with van der Waals surface area (Å²) < 4.78 is 84.1. The Bertz CT molecular complexity index is 1590. The first-order valence-electron chi connectivity index (χ1n) is 13.8. The molecule has 14 heteroatoms. The van der Waals surface area contributed by atoms with E-state index in [0.29, 0.717) is 37.8 Å². The molecule has 0 atom stereocenters. The standard InChI is InChI=1S/C31H29F5N2O7/c1-3-44-30(42)16-7-10-18(11-8-16)45-26-14-19(25(43-2)15-22(26)33)28(40)38-23-5-4-6-24(39)27(23)29(41)37-17-9-12-21(32)20(13-17)31(34,35)36/h4-6,9,12-16,18,39H,3,7-8,10-11H2,1-2H3,(H,37,41)(H,38,40)/t16-,18+. The second-order valence-corrected chi connectivity index (χ2v) is 10.1. The number of hydrogen-bond acceptors (Lipinski definition) is 7. The van der Waals surface area contributed by atoms with Gasteiger partial charge in [0.05, 0.1) is 42.6 Å². The van der Waals surface area contributed by atoms with Crippen LogP contribution in [0.1, 0.15) is 58.9 Å². The number of hydrogen-bond donors (Lipinski definition) is 3. The van der Waals surface area contributed by atoms with Crippen LogP contribution in [0.15, 0.2) is 48.5 Å². The Balaban J connectivity index is 1.54. The van der Waals surface area contributed by atoms with E-state index in [0.717, 1.165) is 24.3 Å². The fraction of sp³-hybridized carbons (Fsp3) is 0.323. The summed E-state index contributed by atoms with van der Waals surface area (Å²) >= 11 is 0. The van der Waals surface area contributed by atoms with Gasteiger partial charge in [-0.2, -0.15) is 13.2 Å². The first-order valence-corrected chi connectivity index (χ1v) is 13.8. The summed E-state index contributed by atoms with van der Waals surface area (Å²) in [5.74, 6) is -6.02. The molecule has 0 unspecified atom stereocenters. The average Bonchev–Trinajstić information content (AvgIpc) is 2.98. The van der Waals surface area contributed by atoms with E-state index in [-0.39, 0.29) is 41.2 Å². The Morgan fingerprint density at radius 2 is 1.62 bits per heavy atom. The van der Waals surface area contributed by atoms with Gasteiger partial charge in [0, 0.05) is 11.8 Å². The highest BCUT2D eigenvalue weighted by atomic mass is 19.4. The zero-order valence-electron chi connectivity index (χ0n) is 24.1. The summed E-state index contributed by atoms with van der Waals surface area (Å²) in [5, 5.41) is 15.0. The van der Waals surface area contributed by atoms with Crippen molar-refractivity contribution in [1.29, 1.82) is 0 Å². The summed E-state index contributed by atoms with van der Waals surface area (Å²) in [6, 6.07) is 7.51. The Morgan fingerprint density at radius 3 is 2.27 bits per heavy atom. The predicted octanol–water partition coefficient (Wildman–Crippen LogP) is 6.70. The van der Waals surface area contributed by atoms with Crippen molar-refractivity contribution in [2.45, 2.75) is 44.9 Å². The van der Waals surface area contributed by atoms with Gasteiger partial charge in [-0.1, -0.05) is 6.07 Å². The molecule has 1 saturated carbocycles. The molecular formula is C31H29F5N2O7. The number of amides is 2. The van der Waals surface area contributed by atoms with Gasteiger partial charge < -0.3 is 30.0 Å². The second kappa shape index (κ2) is 13.8. The maximum absolute atomic E-state index is 14.9. The van der Waals surface area contributed by atoms with Crippen LogP contribution < -0.4 is 20.1 Å². The van der Waals surface area contributed by atoms with E-state index < -0.39 is 58.3 Å². The Labute approximate surface area is 254 Å². The van der Waals surface area contributed by atoms with Gasteiger partial charge in [0.1, 0.15) is 22.9 Å². The number of carbonyl (C=O) groups is 3. The SMILES string of the molecule is CCOC(=O)[C@H]1CC[C@@H](Oc2cc(C(=O)Nc3cccc(O)c3C(=O)Nc3ccc(F)c(C(F)(F)F)c3)c(OC)cc2F)CC1. The summed E-state index contributed by atoms with van der Waals surface area (Å²) in [5.41, 5.74) is -2.99. The molecule has 0 heterocycles. The van der Waals surface area contributed by atoms with Crippen molar-refractivity contribution in [2.75, 3.05) is 24.4 Å². The number of halogens is 5. The smallest absolute Gasteiger partial charge is 0.419 e. The highest BCUT2D eigenvalue weighted by Gasteiger charge is 2.34. The lowest BCUT2D eigenvalue weighted by Gasteiger charge is -2.28. The van der Waals surface area contributed by atoms with Gasteiger partial charge in [-0.3, -0.25) is 14.4 Å². The highest BCUT2D eigenvalue weighted by molar-refractivity contribution is 6.14. The summed E-state index contributed by atoms with van der Waals surface area (Å²) in [6.45, 7) is 1.98. The van der Waals surface area contributed by atoms with Crippen molar-refractivity contribution < 1.29 is 55.7 Å². The number of anilines is 2. The van der Waals surface area contributed by atoms with Crippen molar-refractivity contribution in [3.05, 3.63) is 76.9 Å². The van der Waals surface area contributed by atoms with E-state index in [4.69, 9.17) is 14.2 Å². The summed E-state index contributed by atoms with van der Waals surface area (Å²) in [4.78, 5) is 38.4. The molecule has 240 valence electrons. The van der Waals surface area contributed by atoms with Gasteiger partial charge >= 0.3 is 12.1 Å². The average molecular weight is 637 g/mol. The molecule has 45 heavy (non-hydrogen) atoms. The molecule has 0 aromatic heterocycles. The maximum atomic E-state index is 14.9. The van der Waals surface area contributed by atoms with Crippen molar-refractivity contribution in [3.8, 4) is 17.2 Å². The van der Waals surface area contributed by atoms with Crippen LogP contribution in [0.4, 0.5) is 33.3 Å². The predicted molar refractivity (Wildman–Crippen MR) is 151 cm³/mol. The molecular weight excluding hydrogens is 607 g/mol. The fourth-order valence-electron chi connectivity index (χ4n) is 4.91. The molecule has 1 fully saturated rings. The molecule has 0 saturated heterocycles. The third kappa shape index (κ3) is 7.80. The van der Waals surface area contributed by atoms with Crippen LogP contribution in [0.25, 0.3) is 0 Å². The minimum atomic E-state index is -5.03. The van der Waals surface area contributed by atoms with Crippen LogP contribution in [-0.4, -0.2) is 42.7 Å². The maximum Gasteiger partial charge on any atom is 0.419 e. The topological polar surface area (TPSA) is 123 Å². The van der Waals surface area contributed by atoms with Gasteiger partial charge in [0.15, 0.2) is 11.6 Å². The van der Waals surface area contributed by atoms with Crippen LogP contribution in [0.2, 0.25) is 0 Å². The lowest BCUT2D eigenvalue weighted by molar-refractivity contribution is -0.149. The van der Waals surface area contributed by atoms with E-state index >= 15 is 0 Å². The molecule has 3 aromatic carbocycles. The Morgan fingerprint density at radius 1 is 0.911 bits per heavy atom. The molecule has 0 radical (unpaired) electrons. The van der Waals surface area contributed by atoms with Gasteiger partial charge in [-0.05, 0) is 69.0 Å². The Hall–Kier alpha value is -4.88. The number of benzene rings is 3. The number of rotatable bonds is 9. The van der Waals surface area contributed by atoms with Crippen LogP contribution >= 0.6 is 0 Å². The van der Waals surface area contributed by atoms with Crippen LogP contribution in [0, 0.1) is 17.6 Å². The highest BCUT2D eigenvalue weighted by Crippen LogP contribution is 2.36. The first kappa shape index (κ1) is 33.0. The third-order valence-electron chi connectivity index (χ3n) is 7.13. The number of ether oxygens (including phenoxy) is 3. The molecule has 2 amide bonds. The molecule has 1 aliphatic rings. The number of methoxy groups -OCH3 is 1. The molecule has 0 aliphatic heterocycles. The quantitative estimate of drug-likeness (QED) is 0.176. The summed E-state index contributed by atoms with van der Waals surface area (Å²) in [7, 11) is 1.20. The normalized spacial score (nSPS) is 16.4. The van der Waals surface area contributed by atoms with Crippen molar-refractivity contribution in [2.24, 2.45) is 5.92 Å². The number of alkyl halides is 3. The third-order valence-corrected chi connectivity index (χ3v) is 7.13. The number of nitrogens with one attached hydrogen (secondary N) is 2. The van der Waals surface area contributed by atoms with Crippen LogP contribution in [0.3, 0.4) is 0 Å². The number of carbonyl (C=O) groups excluding carboxylic acids is 3. The molecule has 0 bridgehead atoms. The lowest BCUT2D eigenvalue weighted by Crippen LogP contribution is -2.29.